The maximum absolute atomic E-state index is 17.0. The zero-order chi connectivity index (χ0) is 25.3. The number of halogens is 4. The van der Waals surface area contributed by atoms with Crippen LogP contribution in [0.2, 0.25) is 0 Å². The second-order valence-corrected chi connectivity index (χ2v) is 11.1. The Morgan fingerprint density at radius 2 is 1.05 bits per heavy atom. The van der Waals surface area contributed by atoms with Crippen molar-refractivity contribution in [1.82, 2.24) is 0 Å². The van der Waals surface area contributed by atoms with Gasteiger partial charge in [-0.1, -0.05) is 69.2 Å². The molecule has 38 heavy (non-hydrogen) atoms. The summed E-state index contributed by atoms with van der Waals surface area (Å²) in [7, 11) is 0. The molecule has 0 bridgehead atoms. The Balaban J connectivity index is 0.00000342. The Labute approximate surface area is 261 Å². The van der Waals surface area contributed by atoms with Crippen molar-refractivity contribution in [2.45, 2.75) is 69.2 Å². The molecule has 1 nitrogen and oxygen atoms in total. The maximum atomic E-state index is 17.0. The Morgan fingerprint density at radius 1 is 0.632 bits per heavy atom. The van der Waals surface area contributed by atoms with Crippen molar-refractivity contribution in [2.24, 2.45) is 10.8 Å². The molecule has 0 saturated heterocycles. The molecule has 0 heterocycles. The van der Waals surface area contributed by atoms with Gasteiger partial charge in [0, 0.05) is 27.5 Å². The topological polar surface area (TPSA) is 20.2 Å². The molecule has 0 unspecified atom stereocenters. The fourth-order valence-electron chi connectivity index (χ4n) is 6.18. The van der Waals surface area contributed by atoms with Crippen LogP contribution in [0.1, 0.15) is 80.4 Å². The van der Waals surface area contributed by atoms with Gasteiger partial charge >= 0.3 is 21.7 Å². The van der Waals surface area contributed by atoms with Crippen molar-refractivity contribution in [3.05, 3.63) is 86.8 Å². The minimum absolute atomic E-state index is 0. The molecule has 2 aliphatic rings. The SMILES string of the molecule is CC1=C(C)C(C)(C)C(c2cc(O)c(-c3ccccc3)c(C3=C(C)C(C)=C(C)C3(C)C)c2F)=C1C.[Cl-].[Cl-].[Cl-].[Ti+3]. The van der Waals surface area contributed by atoms with Crippen LogP contribution in [0.4, 0.5) is 4.39 Å². The van der Waals surface area contributed by atoms with E-state index >= 15 is 4.39 Å². The van der Waals surface area contributed by atoms with Gasteiger partial charge in [0.15, 0.2) is 0 Å². The van der Waals surface area contributed by atoms with E-state index in [1.165, 1.54) is 22.3 Å². The summed E-state index contributed by atoms with van der Waals surface area (Å²) in [6.07, 6.45) is 0. The van der Waals surface area contributed by atoms with Gasteiger partial charge in [0.25, 0.3) is 0 Å². The quantitative estimate of drug-likeness (QED) is 0.503. The molecule has 203 valence electrons. The first kappa shape index (κ1) is 36.7. The van der Waals surface area contributed by atoms with Crippen molar-refractivity contribution < 1.29 is 68.4 Å². The Morgan fingerprint density at radius 3 is 1.45 bits per heavy atom. The first-order chi connectivity index (χ1) is 15.7. The van der Waals surface area contributed by atoms with Gasteiger partial charge in [-0.05, 0) is 86.6 Å². The van der Waals surface area contributed by atoms with Crippen LogP contribution in [-0.2, 0) is 21.7 Å². The van der Waals surface area contributed by atoms with E-state index in [1.54, 1.807) is 6.07 Å². The summed E-state index contributed by atoms with van der Waals surface area (Å²) in [5.41, 5.74) is 10.8. The van der Waals surface area contributed by atoms with E-state index in [1.807, 2.05) is 30.3 Å². The average Bonchev–Trinajstić information content (AvgIpc) is 3.03. The molecule has 1 N–H and O–H groups in total. The fraction of sp³-hybridized carbons (Fsp3) is 0.375. The first-order valence-electron chi connectivity index (χ1n) is 12.2. The van der Waals surface area contributed by atoms with Crippen molar-refractivity contribution in [1.29, 1.82) is 0 Å². The summed E-state index contributed by atoms with van der Waals surface area (Å²) in [6.45, 7) is 21.3. The van der Waals surface area contributed by atoms with Crippen molar-refractivity contribution in [3.63, 3.8) is 0 Å². The number of rotatable bonds is 3. The number of aromatic hydroxyl groups is 1. The number of phenolic OH excluding ortho intramolecular Hbond substituents is 1. The molecule has 1 radical (unpaired) electrons. The zero-order valence-electron chi connectivity index (χ0n) is 23.9. The number of phenols is 1. The Bertz CT molecular complexity index is 1360. The predicted octanol–water partition coefficient (Wildman–Crippen LogP) is 0.507. The van der Waals surface area contributed by atoms with Crippen LogP contribution < -0.4 is 37.2 Å². The van der Waals surface area contributed by atoms with Gasteiger partial charge in [0.2, 0.25) is 0 Å². The van der Waals surface area contributed by atoms with Gasteiger partial charge in [0.1, 0.15) is 11.6 Å². The minimum atomic E-state index is -0.345. The second-order valence-electron chi connectivity index (χ2n) is 11.1. The van der Waals surface area contributed by atoms with E-state index in [0.717, 1.165) is 27.9 Å². The van der Waals surface area contributed by atoms with E-state index in [4.69, 9.17) is 0 Å². The summed E-state index contributed by atoms with van der Waals surface area (Å²) in [5.74, 6) is -0.124. The van der Waals surface area contributed by atoms with Gasteiger partial charge < -0.3 is 42.3 Å². The van der Waals surface area contributed by atoms with Crippen LogP contribution in [0, 0.1) is 16.6 Å². The molecule has 2 aliphatic carbocycles. The second kappa shape index (κ2) is 12.5. The Hall–Kier alpha value is -1.29. The van der Waals surface area contributed by atoms with Crippen LogP contribution >= 0.6 is 0 Å². The summed E-state index contributed by atoms with van der Waals surface area (Å²) in [4.78, 5) is 0. The maximum Gasteiger partial charge on any atom is 3.00 e. The first-order valence-corrected chi connectivity index (χ1v) is 12.2. The van der Waals surface area contributed by atoms with Crippen LogP contribution in [0.25, 0.3) is 22.3 Å². The summed E-state index contributed by atoms with van der Waals surface area (Å²) < 4.78 is 17.0. The van der Waals surface area contributed by atoms with E-state index in [9.17, 15) is 5.11 Å². The molecule has 0 fully saturated rings. The van der Waals surface area contributed by atoms with Crippen molar-refractivity contribution in [2.75, 3.05) is 0 Å². The molecule has 2 aromatic carbocycles. The average molecular weight is 611 g/mol. The molecule has 0 spiro atoms. The van der Waals surface area contributed by atoms with Crippen LogP contribution in [0.5, 0.6) is 5.75 Å². The van der Waals surface area contributed by atoms with E-state index in [0.29, 0.717) is 16.7 Å². The normalized spacial score (nSPS) is 17.7. The van der Waals surface area contributed by atoms with E-state index in [-0.39, 0.29) is 81.3 Å². The van der Waals surface area contributed by atoms with Gasteiger partial charge in [-0.2, -0.15) is 0 Å². The minimum Gasteiger partial charge on any atom is -1.00 e. The molecule has 6 heteroatoms. The molecule has 2 aromatic rings. The van der Waals surface area contributed by atoms with Crippen LogP contribution in [-0.4, -0.2) is 5.11 Å². The molecule has 0 aliphatic heterocycles. The number of benzene rings is 2. The number of allylic oxidation sites excluding steroid dienone is 8. The molecular weight excluding hydrogens is 574 g/mol. The molecule has 4 rings (SSSR count). The van der Waals surface area contributed by atoms with E-state index in [2.05, 4.69) is 69.2 Å². The van der Waals surface area contributed by atoms with Gasteiger partial charge in [-0.3, -0.25) is 0 Å². The molecular formula is C32H37Cl3FOTi. The van der Waals surface area contributed by atoms with Crippen LogP contribution in [0.3, 0.4) is 0 Å². The summed E-state index contributed by atoms with van der Waals surface area (Å²) in [5, 5.41) is 11.5. The molecule has 0 atom stereocenters. The standard InChI is InChI=1S/C32H37FO.3ClH.Ti/c1-17-19(3)28(31(7,8)21(17)5)24-16-25(34)26(23-14-12-11-13-15-23)27(30(24)33)29-20(4)18(2)22(6)32(29,9)10;;;;/h11-16,34H,1-10H3;3*1H;/q;;;;+3/p-3. The van der Waals surface area contributed by atoms with Crippen molar-refractivity contribution in [3.8, 4) is 16.9 Å². The smallest absolute Gasteiger partial charge is 1.00 e. The van der Waals surface area contributed by atoms with Gasteiger partial charge in [0.05, 0.1) is 0 Å². The van der Waals surface area contributed by atoms with Crippen LogP contribution in [0.15, 0.2) is 69.8 Å². The van der Waals surface area contributed by atoms with Gasteiger partial charge in [-0.15, -0.1) is 0 Å². The predicted molar refractivity (Wildman–Crippen MR) is 143 cm³/mol. The third-order valence-electron chi connectivity index (χ3n) is 8.95. The van der Waals surface area contributed by atoms with Gasteiger partial charge in [-0.25, -0.2) is 4.39 Å². The Kier molecular flexibility index (Phi) is 12.1. The molecule has 0 saturated carbocycles. The monoisotopic (exact) mass is 609 g/mol. The summed E-state index contributed by atoms with van der Waals surface area (Å²) in [6, 6.07) is 11.4. The third-order valence-corrected chi connectivity index (χ3v) is 8.95. The molecule has 0 aromatic heterocycles. The summed E-state index contributed by atoms with van der Waals surface area (Å²) >= 11 is 0. The zero-order valence-corrected chi connectivity index (χ0v) is 27.8. The van der Waals surface area contributed by atoms with Crippen molar-refractivity contribution >= 4 is 11.1 Å². The third kappa shape index (κ3) is 5.25. The largest absolute Gasteiger partial charge is 3.00 e. The number of hydrogen-bond acceptors (Lipinski definition) is 1. The van der Waals surface area contributed by atoms with E-state index < -0.39 is 0 Å². The number of hydrogen-bond donors (Lipinski definition) is 1. The fourth-order valence-corrected chi connectivity index (χ4v) is 6.18. The molecule has 0 amide bonds.